The van der Waals surface area contributed by atoms with Crippen molar-refractivity contribution in [1.82, 2.24) is 9.80 Å². The highest BCUT2D eigenvalue weighted by Crippen LogP contribution is 2.33. The monoisotopic (exact) mass is 511 g/mol. The molecule has 190 valence electrons. The average molecular weight is 512 g/mol. The van der Waals surface area contributed by atoms with E-state index in [9.17, 15) is 26.4 Å². The number of likely N-dealkylation sites (N-methyl/N-ethyl adjacent to an activating group) is 1. The Bertz CT molecular complexity index is 1230. The van der Waals surface area contributed by atoms with E-state index in [4.69, 9.17) is 4.74 Å². The lowest BCUT2D eigenvalue weighted by molar-refractivity contribution is -0.189. The van der Waals surface area contributed by atoms with Crippen LogP contribution in [0.3, 0.4) is 0 Å². The zero-order chi connectivity index (χ0) is 25.5. The first-order chi connectivity index (χ1) is 16.3. The molecule has 35 heavy (non-hydrogen) atoms. The highest BCUT2D eigenvalue weighted by Gasteiger charge is 2.39. The normalized spacial score (nSPS) is 17.9. The largest absolute Gasteiger partial charge is 0.480 e. The number of nitrogens with zero attached hydrogens (tertiary/aromatic N) is 3. The second kappa shape index (κ2) is 9.34. The Kier molecular flexibility index (Phi) is 6.76. The summed E-state index contributed by atoms with van der Waals surface area (Å²) >= 11 is 0. The van der Waals surface area contributed by atoms with Crippen LogP contribution in [0.5, 0.6) is 5.75 Å². The highest BCUT2D eigenvalue weighted by molar-refractivity contribution is 7.90. The number of carbonyl (C=O) groups excluding carboxylic acids is 1. The first kappa shape index (κ1) is 25.3. The number of halogens is 3. The quantitative estimate of drug-likeness (QED) is 0.614. The topological polar surface area (TPSA) is 70.2 Å². The van der Waals surface area contributed by atoms with E-state index in [-0.39, 0.29) is 29.3 Å². The molecule has 0 bridgehead atoms. The second-order valence-corrected chi connectivity index (χ2v) is 11.2. The van der Waals surface area contributed by atoms with Crippen LogP contribution < -0.4 is 9.64 Å². The maximum Gasteiger partial charge on any atom is 0.425 e. The van der Waals surface area contributed by atoms with Crippen molar-refractivity contribution in [3.8, 4) is 5.75 Å². The summed E-state index contributed by atoms with van der Waals surface area (Å²) in [5, 5.41) is 0. The summed E-state index contributed by atoms with van der Waals surface area (Å²) in [5.74, 6) is -0.890. The number of sulfone groups is 1. The van der Waals surface area contributed by atoms with Crippen molar-refractivity contribution in [1.29, 1.82) is 0 Å². The van der Waals surface area contributed by atoms with Crippen molar-refractivity contribution in [2.45, 2.75) is 37.2 Å². The summed E-state index contributed by atoms with van der Waals surface area (Å²) < 4.78 is 68.5. The Hall–Kier alpha value is -2.79. The van der Waals surface area contributed by atoms with E-state index in [2.05, 4.69) is 16.8 Å². The Balaban J connectivity index is 1.60. The molecule has 1 saturated heterocycles. The Morgan fingerprint density at radius 1 is 1.00 bits per heavy atom. The molecule has 0 aliphatic carbocycles. The summed E-state index contributed by atoms with van der Waals surface area (Å²) in [5.41, 5.74) is 2.76. The molecule has 1 fully saturated rings. The molecule has 1 amide bonds. The van der Waals surface area contributed by atoms with Gasteiger partial charge >= 0.3 is 6.18 Å². The zero-order valence-electron chi connectivity index (χ0n) is 19.8. The van der Waals surface area contributed by atoms with E-state index in [0.29, 0.717) is 0 Å². The number of piperazine rings is 1. The standard InChI is InChI=1S/C24H28F3N3O4S/c1-16(24(25,26)27)34-22-7-6-20(35(3,32)33)13-21(22)23(31)30-14-17-4-5-19(12-18(17)15-30)29-10-8-28(2)9-11-29/h4-7,12-13,16H,8-11,14-15H2,1-3H3/t16-/m0/s1. The molecule has 0 N–H and O–H groups in total. The van der Waals surface area contributed by atoms with Gasteiger partial charge in [-0.3, -0.25) is 4.79 Å². The van der Waals surface area contributed by atoms with Crippen LogP contribution >= 0.6 is 0 Å². The van der Waals surface area contributed by atoms with Gasteiger partial charge < -0.3 is 19.4 Å². The summed E-state index contributed by atoms with van der Waals surface area (Å²) in [4.78, 5) is 19.3. The van der Waals surface area contributed by atoms with Crippen LogP contribution in [0.25, 0.3) is 0 Å². The van der Waals surface area contributed by atoms with Crippen molar-refractivity contribution in [2.75, 3.05) is 44.4 Å². The molecule has 0 aromatic heterocycles. The number of rotatable bonds is 5. The third-order valence-electron chi connectivity index (χ3n) is 6.44. The van der Waals surface area contributed by atoms with Crippen LogP contribution in [0.15, 0.2) is 41.3 Å². The number of benzene rings is 2. The van der Waals surface area contributed by atoms with Gasteiger partial charge in [-0.25, -0.2) is 8.42 Å². The molecule has 0 unspecified atom stereocenters. The minimum Gasteiger partial charge on any atom is -0.480 e. The van der Waals surface area contributed by atoms with Crippen molar-refractivity contribution in [2.24, 2.45) is 0 Å². The van der Waals surface area contributed by atoms with Gasteiger partial charge in [0.05, 0.1) is 10.5 Å². The third-order valence-corrected chi connectivity index (χ3v) is 7.55. The fraction of sp³-hybridized carbons (Fsp3) is 0.458. The molecule has 1 atom stereocenters. The van der Waals surface area contributed by atoms with Gasteiger partial charge in [0.15, 0.2) is 15.9 Å². The number of fused-ring (bicyclic) bond motifs is 1. The molecule has 2 heterocycles. The van der Waals surface area contributed by atoms with Crippen LogP contribution in [0, 0.1) is 0 Å². The van der Waals surface area contributed by atoms with Gasteiger partial charge in [0.2, 0.25) is 0 Å². The lowest BCUT2D eigenvalue weighted by atomic mass is 10.1. The van der Waals surface area contributed by atoms with Crippen molar-refractivity contribution < 1.29 is 31.1 Å². The lowest BCUT2D eigenvalue weighted by Gasteiger charge is -2.34. The predicted molar refractivity (Wildman–Crippen MR) is 125 cm³/mol. The Morgan fingerprint density at radius 3 is 2.29 bits per heavy atom. The summed E-state index contributed by atoms with van der Waals surface area (Å²) in [6.07, 6.45) is -5.83. The summed E-state index contributed by atoms with van der Waals surface area (Å²) in [6, 6.07) is 9.37. The number of anilines is 1. The smallest absolute Gasteiger partial charge is 0.425 e. The molecular weight excluding hydrogens is 483 g/mol. The molecule has 0 spiro atoms. The number of amides is 1. The molecular formula is C24H28F3N3O4S. The number of carbonyl (C=O) groups is 1. The maximum absolute atomic E-state index is 13.4. The van der Waals surface area contributed by atoms with Gasteiger partial charge in [0, 0.05) is 51.2 Å². The van der Waals surface area contributed by atoms with Crippen LogP contribution in [-0.2, 0) is 22.9 Å². The molecule has 0 saturated carbocycles. The van der Waals surface area contributed by atoms with Gasteiger partial charge in [-0.05, 0) is 55.4 Å². The number of hydrogen-bond acceptors (Lipinski definition) is 6. The minimum absolute atomic E-state index is 0.165. The minimum atomic E-state index is -4.64. The van der Waals surface area contributed by atoms with E-state index >= 15 is 0 Å². The highest BCUT2D eigenvalue weighted by atomic mass is 32.2. The number of hydrogen-bond donors (Lipinski definition) is 0. The van der Waals surface area contributed by atoms with Gasteiger partial charge in [-0.2, -0.15) is 13.2 Å². The van der Waals surface area contributed by atoms with Crippen LogP contribution in [0.1, 0.15) is 28.4 Å². The number of ether oxygens (including phenoxy) is 1. The first-order valence-corrected chi connectivity index (χ1v) is 13.1. The Morgan fingerprint density at radius 2 is 1.66 bits per heavy atom. The predicted octanol–water partition coefficient (Wildman–Crippen LogP) is 3.33. The van der Waals surface area contributed by atoms with E-state index in [0.717, 1.165) is 74.4 Å². The lowest BCUT2D eigenvalue weighted by Crippen LogP contribution is -2.44. The summed E-state index contributed by atoms with van der Waals surface area (Å²) in [6.45, 7) is 5.09. The van der Waals surface area contributed by atoms with Crippen LogP contribution in [-0.4, -0.2) is 75.9 Å². The van der Waals surface area contributed by atoms with E-state index < -0.39 is 28.0 Å². The van der Waals surface area contributed by atoms with E-state index in [1.807, 2.05) is 18.2 Å². The molecule has 2 aliphatic rings. The maximum atomic E-state index is 13.4. The first-order valence-electron chi connectivity index (χ1n) is 11.2. The fourth-order valence-electron chi connectivity index (χ4n) is 4.22. The Labute approximate surface area is 203 Å². The van der Waals surface area contributed by atoms with E-state index in [1.165, 1.54) is 4.90 Å². The molecule has 2 aromatic carbocycles. The van der Waals surface area contributed by atoms with Crippen molar-refractivity contribution in [3.05, 3.63) is 53.1 Å². The summed E-state index contributed by atoms with van der Waals surface area (Å²) in [7, 11) is -1.61. The van der Waals surface area contributed by atoms with Crippen molar-refractivity contribution >= 4 is 21.4 Å². The molecule has 0 radical (unpaired) electrons. The fourth-order valence-corrected chi connectivity index (χ4v) is 4.87. The molecule has 11 heteroatoms. The van der Waals surface area contributed by atoms with Gasteiger partial charge in [-0.15, -0.1) is 0 Å². The molecule has 2 aromatic rings. The van der Waals surface area contributed by atoms with Gasteiger partial charge in [0.1, 0.15) is 5.75 Å². The second-order valence-electron chi connectivity index (χ2n) is 9.14. The van der Waals surface area contributed by atoms with E-state index in [1.54, 1.807) is 0 Å². The van der Waals surface area contributed by atoms with Crippen LogP contribution in [0.2, 0.25) is 0 Å². The molecule has 4 rings (SSSR count). The third kappa shape index (κ3) is 5.56. The number of alkyl halides is 3. The molecule has 7 nitrogen and oxygen atoms in total. The average Bonchev–Trinajstić information content (AvgIpc) is 3.21. The van der Waals surface area contributed by atoms with Gasteiger partial charge in [0.25, 0.3) is 5.91 Å². The zero-order valence-corrected chi connectivity index (χ0v) is 20.6. The SMILES string of the molecule is C[C@H](Oc1ccc(S(C)(=O)=O)cc1C(=O)N1Cc2ccc(N3CCN(C)CC3)cc2C1)C(F)(F)F. The molecule has 2 aliphatic heterocycles. The van der Waals surface area contributed by atoms with Crippen molar-refractivity contribution in [3.63, 3.8) is 0 Å². The van der Waals surface area contributed by atoms with Gasteiger partial charge in [-0.1, -0.05) is 6.07 Å². The van der Waals surface area contributed by atoms with Crippen LogP contribution in [0.4, 0.5) is 18.9 Å².